The number of nitrogens with zero attached hydrogens (tertiary/aromatic N) is 5. The summed E-state index contributed by atoms with van der Waals surface area (Å²) in [6.45, 7) is 5.87. The topological polar surface area (TPSA) is 89.6 Å². The Bertz CT molecular complexity index is 876. The normalized spacial score (nSPS) is 22.5. The summed E-state index contributed by atoms with van der Waals surface area (Å²) in [6, 6.07) is 0.0683. The number of amides is 1. The number of hydrogen-bond acceptors (Lipinski definition) is 8. The number of likely N-dealkylation sites (tertiary alicyclic amines) is 1. The van der Waals surface area contributed by atoms with E-state index in [4.69, 9.17) is 5.84 Å². The highest BCUT2D eigenvalue weighted by atomic mass is 32.2. The molecule has 0 aromatic carbocycles. The molecular formula is C22H33F6N7OS. The maximum atomic E-state index is 12.9. The van der Waals surface area contributed by atoms with Crippen molar-refractivity contribution in [3.8, 4) is 0 Å². The largest absolute Gasteiger partial charge is 0.441 e. The Kier molecular flexibility index (Phi) is 10.1. The van der Waals surface area contributed by atoms with Gasteiger partial charge in [-0.25, -0.2) is 4.99 Å². The molecule has 0 aromatic heterocycles. The Morgan fingerprint density at radius 1 is 1.14 bits per heavy atom. The lowest BCUT2D eigenvalue weighted by atomic mass is 10.0. The molecule has 3 heterocycles. The number of piperidine rings is 1. The first-order chi connectivity index (χ1) is 17.4. The Morgan fingerprint density at radius 3 is 2.30 bits per heavy atom. The van der Waals surface area contributed by atoms with Crippen molar-refractivity contribution in [2.24, 2.45) is 15.9 Å². The smallest absolute Gasteiger partial charge is 0.371 e. The van der Waals surface area contributed by atoms with E-state index in [2.05, 4.69) is 20.3 Å². The van der Waals surface area contributed by atoms with E-state index in [-0.39, 0.29) is 24.8 Å². The first-order valence-electron chi connectivity index (χ1n) is 12.2. The Balaban J connectivity index is 1.33. The van der Waals surface area contributed by atoms with E-state index < -0.39 is 28.3 Å². The van der Waals surface area contributed by atoms with Crippen molar-refractivity contribution in [2.45, 2.75) is 62.8 Å². The van der Waals surface area contributed by atoms with Crippen LogP contribution in [-0.2, 0) is 4.79 Å². The van der Waals surface area contributed by atoms with Gasteiger partial charge in [-0.3, -0.25) is 9.69 Å². The number of rotatable bonds is 6. The Labute approximate surface area is 216 Å². The van der Waals surface area contributed by atoms with Gasteiger partial charge in [0.2, 0.25) is 5.91 Å². The number of nitrogens with two attached hydrogens (primary N) is 1. The summed E-state index contributed by atoms with van der Waals surface area (Å²) in [5, 5.41) is 4.62. The Hall–Kier alpha value is -2.00. The monoisotopic (exact) mass is 557 g/mol. The average molecular weight is 558 g/mol. The van der Waals surface area contributed by atoms with Crippen LogP contribution in [0.15, 0.2) is 21.9 Å². The molecule has 2 fully saturated rings. The van der Waals surface area contributed by atoms with Gasteiger partial charge in [-0.05, 0) is 26.2 Å². The van der Waals surface area contributed by atoms with Crippen molar-refractivity contribution in [1.29, 1.82) is 0 Å². The molecule has 3 N–H and O–H groups in total. The molecular weight excluding hydrogens is 524 g/mol. The fourth-order valence-electron chi connectivity index (χ4n) is 4.54. The number of hydrazone groups is 1. The molecule has 0 spiro atoms. The van der Waals surface area contributed by atoms with E-state index in [9.17, 15) is 31.1 Å². The van der Waals surface area contributed by atoms with Gasteiger partial charge in [-0.15, -0.1) is 0 Å². The van der Waals surface area contributed by atoms with Crippen molar-refractivity contribution >= 4 is 28.5 Å². The Morgan fingerprint density at radius 2 is 1.78 bits per heavy atom. The van der Waals surface area contributed by atoms with Crippen LogP contribution < -0.4 is 11.2 Å². The first kappa shape index (κ1) is 29.6. The number of alkyl halides is 6. The zero-order valence-electron chi connectivity index (χ0n) is 20.6. The van der Waals surface area contributed by atoms with Gasteiger partial charge in [0.05, 0.1) is 10.9 Å². The highest BCUT2D eigenvalue weighted by Gasteiger charge is 2.39. The van der Waals surface area contributed by atoms with Crippen molar-refractivity contribution in [3.63, 3.8) is 0 Å². The van der Waals surface area contributed by atoms with Gasteiger partial charge >= 0.3 is 12.4 Å². The van der Waals surface area contributed by atoms with Crippen LogP contribution in [0.5, 0.6) is 0 Å². The second kappa shape index (κ2) is 12.7. The average Bonchev–Trinajstić information content (AvgIpc) is 2.85. The van der Waals surface area contributed by atoms with E-state index in [0.29, 0.717) is 82.7 Å². The maximum Gasteiger partial charge on any atom is 0.441 e. The summed E-state index contributed by atoms with van der Waals surface area (Å²) in [5.74, 6) is 5.49. The molecule has 3 rings (SSSR count). The molecule has 1 atom stereocenters. The third-order valence-electron chi connectivity index (χ3n) is 6.79. The summed E-state index contributed by atoms with van der Waals surface area (Å²) in [6.07, 6.45) is -6.14. The minimum absolute atomic E-state index is 0.0477. The van der Waals surface area contributed by atoms with Gasteiger partial charge in [0.15, 0.2) is 5.04 Å². The van der Waals surface area contributed by atoms with Crippen LogP contribution in [0.25, 0.3) is 0 Å². The molecule has 3 aliphatic heterocycles. The number of thioether (sulfide) groups is 1. The molecule has 0 saturated carbocycles. The van der Waals surface area contributed by atoms with Crippen LogP contribution in [0.3, 0.4) is 0 Å². The minimum Gasteiger partial charge on any atom is -0.371 e. The summed E-state index contributed by atoms with van der Waals surface area (Å²) in [5.41, 5.74) is -0.620. The van der Waals surface area contributed by atoms with Crippen LogP contribution in [-0.4, -0.2) is 101 Å². The second-order valence-corrected chi connectivity index (χ2v) is 10.6. The lowest BCUT2D eigenvalue weighted by Gasteiger charge is -2.38. The SMILES string of the molecule is CC(S/C(=N\N)C(F)(F)F)N1CCN(CCC(=O)N2CCC(NC3=NC=C(C(F)(F)F)CC3)CC2)CC1. The molecule has 0 bridgehead atoms. The highest BCUT2D eigenvalue weighted by molar-refractivity contribution is 8.14. The lowest BCUT2D eigenvalue weighted by molar-refractivity contribution is -0.132. The van der Waals surface area contributed by atoms with E-state index in [1.165, 1.54) is 0 Å². The van der Waals surface area contributed by atoms with E-state index in [1.807, 2.05) is 9.80 Å². The van der Waals surface area contributed by atoms with Gasteiger partial charge in [-0.1, -0.05) is 11.8 Å². The number of hydrogen-bond donors (Lipinski definition) is 2. The van der Waals surface area contributed by atoms with Gasteiger partial charge in [-0.2, -0.15) is 31.4 Å². The molecule has 2 saturated heterocycles. The third-order valence-corrected chi connectivity index (χ3v) is 7.99. The number of halogens is 6. The van der Waals surface area contributed by atoms with Crippen LogP contribution in [0.4, 0.5) is 26.3 Å². The number of carbonyl (C=O) groups excluding carboxylic acids is 1. The van der Waals surface area contributed by atoms with E-state index in [0.717, 1.165) is 6.20 Å². The predicted molar refractivity (Wildman–Crippen MR) is 131 cm³/mol. The van der Waals surface area contributed by atoms with Crippen LogP contribution in [0, 0.1) is 0 Å². The lowest BCUT2D eigenvalue weighted by Crippen LogP contribution is -2.50. The fourth-order valence-corrected chi connectivity index (χ4v) is 5.42. The third kappa shape index (κ3) is 8.77. The number of amidine groups is 1. The number of nitrogens with one attached hydrogen (secondary N) is 1. The summed E-state index contributed by atoms with van der Waals surface area (Å²) >= 11 is 0.595. The van der Waals surface area contributed by atoms with Crippen molar-refractivity contribution in [2.75, 3.05) is 45.8 Å². The molecule has 15 heteroatoms. The second-order valence-electron chi connectivity index (χ2n) is 9.30. The van der Waals surface area contributed by atoms with Crippen molar-refractivity contribution < 1.29 is 31.1 Å². The number of carbonyl (C=O) groups is 1. The molecule has 3 aliphatic rings. The van der Waals surface area contributed by atoms with Crippen molar-refractivity contribution in [1.82, 2.24) is 20.0 Å². The standard InChI is InChI=1S/C22H33F6N7OS/c1-15(37-20(32-29)22(26,27)28)34-12-10-33(11-13-34)7-6-19(36)35-8-4-17(5-9-35)31-18-3-2-16(14-30-18)21(23,24)25/h14-15,17H,2-13,29H2,1H3,(H,30,31)/b32-20-. The van der Waals surface area contributed by atoms with Crippen LogP contribution in [0.1, 0.15) is 39.0 Å². The van der Waals surface area contributed by atoms with Crippen LogP contribution >= 0.6 is 11.8 Å². The van der Waals surface area contributed by atoms with Gasteiger partial charge < -0.3 is 21.0 Å². The number of aliphatic imine (C=N–C) groups is 1. The molecule has 0 radical (unpaired) electrons. The first-order valence-corrected chi connectivity index (χ1v) is 13.1. The molecule has 0 aliphatic carbocycles. The zero-order chi connectivity index (χ0) is 27.2. The van der Waals surface area contributed by atoms with Gasteiger partial charge in [0.1, 0.15) is 5.84 Å². The molecule has 8 nitrogen and oxygen atoms in total. The molecule has 1 unspecified atom stereocenters. The van der Waals surface area contributed by atoms with Crippen molar-refractivity contribution in [3.05, 3.63) is 11.8 Å². The van der Waals surface area contributed by atoms with Crippen LogP contribution in [0.2, 0.25) is 0 Å². The zero-order valence-corrected chi connectivity index (χ0v) is 21.4. The molecule has 0 aromatic rings. The number of allylic oxidation sites excluding steroid dienone is 1. The fraction of sp³-hybridized carbons (Fsp3) is 0.773. The highest BCUT2D eigenvalue weighted by Crippen LogP contribution is 2.31. The van der Waals surface area contributed by atoms with E-state index in [1.54, 1.807) is 6.92 Å². The molecule has 37 heavy (non-hydrogen) atoms. The van der Waals surface area contributed by atoms with Gasteiger partial charge in [0.25, 0.3) is 0 Å². The summed E-state index contributed by atoms with van der Waals surface area (Å²) < 4.78 is 76.8. The van der Waals surface area contributed by atoms with E-state index >= 15 is 0 Å². The minimum atomic E-state index is -4.57. The van der Waals surface area contributed by atoms with Gasteiger partial charge in [0, 0.05) is 70.9 Å². The molecule has 210 valence electrons. The predicted octanol–water partition coefficient (Wildman–Crippen LogP) is 3.13. The number of piperazine rings is 1. The molecule has 1 amide bonds. The summed E-state index contributed by atoms with van der Waals surface area (Å²) in [4.78, 5) is 22.5. The maximum absolute atomic E-state index is 12.9. The quantitative estimate of drug-likeness (QED) is 0.172. The summed E-state index contributed by atoms with van der Waals surface area (Å²) in [7, 11) is 0.